The maximum atomic E-state index is 12.2. The fraction of sp³-hybridized carbons (Fsp3) is 0.533. The normalized spacial score (nSPS) is 11.2. The quantitative estimate of drug-likeness (QED) is 0.813. The number of ether oxygens (including phenoxy) is 1. The van der Waals surface area contributed by atoms with Crippen molar-refractivity contribution in [3.63, 3.8) is 0 Å². The fourth-order valence-corrected chi connectivity index (χ4v) is 2.28. The fourth-order valence-electron chi connectivity index (χ4n) is 2.09. The second-order valence-corrected chi connectivity index (χ2v) is 5.26. The van der Waals surface area contributed by atoms with Crippen molar-refractivity contribution >= 4 is 17.5 Å². The average Bonchev–Trinajstić information content (AvgIpc) is 2.45. The molecule has 1 rings (SSSR count). The van der Waals surface area contributed by atoms with Crippen molar-refractivity contribution in [2.45, 2.75) is 38.6 Å². The van der Waals surface area contributed by atoms with Crippen LogP contribution < -0.4 is 10.1 Å². The number of hydrogen-bond acceptors (Lipinski definition) is 3. The number of methoxy groups -OCH3 is 1. The van der Waals surface area contributed by atoms with Gasteiger partial charge in [0, 0.05) is 10.6 Å². The van der Waals surface area contributed by atoms with Gasteiger partial charge >= 0.3 is 0 Å². The Morgan fingerprint density at radius 2 is 2.05 bits per heavy atom. The third kappa shape index (κ3) is 4.12. The smallest absolute Gasteiger partial charge is 0.225 e. The molecule has 0 fully saturated rings. The van der Waals surface area contributed by atoms with Crippen LogP contribution in [0.15, 0.2) is 18.2 Å². The van der Waals surface area contributed by atoms with E-state index < -0.39 is 5.54 Å². The lowest BCUT2D eigenvalue weighted by molar-refractivity contribution is -0.123. The van der Waals surface area contributed by atoms with Crippen molar-refractivity contribution in [3.05, 3.63) is 28.8 Å². The number of hydrogen-bond donors (Lipinski definition) is 2. The van der Waals surface area contributed by atoms with Gasteiger partial charge in [0.1, 0.15) is 5.75 Å². The van der Waals surface area contributed by atoms with Gasteiger partial charge in [-0.3, -0.25) is 4.79 Å². The Balaban J connectivity index is 2.83. The van der Waals surface area contributed by atoms with Gasteiger partial charge in [-0.2, -0.15) is 0 Å². The van der Waals surface area contributed by atoms with E-state index in [0.717, 1.165) is 5.56 Å². The molecule has 0 aliphatic heterocycles. The zero-order valence-corrected chi connectivity index (χ0v) is 13.0. The zero-order chi connectivity index (χ0) is 15.2. The number of carbonyl (C=O) groups is 1. The van der Waals surface area contributed by atoms with E-state index in [9.17, 15) is 9.90 Å². The minimum Gasteiger partial charge on any atom is -0.496 e. The van der Waals surface area contributed by atoms with Crippen LogP contribution in [0, 0.1) is 0 Å². The number of benzene rings is 1. The van der Waals surface area contributed by atoms with Gasteiger partial charge in [0.05, 0.1) is 25.7 Å². The van der Waals surface area contributed by atoms with Gasteiger partial charge in [-0.1, -0.05) is 25.4 Å². The molecule has 1 aromatic rings. The molecule has 5 heteroatoms. The lowest BCUT2D eigenvalue weighted by Gasteiger charge is -2.30. The van der Waals surface area contributed by atoms with Gasteiger partial charge in [-0.15, -0.1) is 0 Å². The Labute approximate surface area is 125 Å². The summed E-state index contributed by atoms with van der Waals surface area (Å²) in [7, 11) is 1.56. The molecular formula is C15H22ClNO3. The first kappa shape index (κ1) is 16.8. The molecule has 0 heterocycles. The van der Waals surface area contributed by atoms with Crippen molar-refractivity contribution in [2.75, 3.05) is 13.7 Å². The Kier molecular flexibility index (Phi) is 6.30. The summed E-state index contributed by atoms with van der Waals surface area (Å²) < 4.78 is 5.22. The maximum Gasteiger partial charge on any atom is 0.225 e. The van der Waals surface area contributed by atoms with Gasteiger partial charge in [0.2, 0.25) is 5.91 Å². The van der Waals surface area contributed by atoms with Crippen LogP contribution in [0.1, 0.15) is 32.3 Å². The van der Waals surface area contributed by atoms with Crippen LogP contribution in [-0.4, -0.2) is 30.3 Å². The molecule has 0 aromatic heterocycles. The summed E-state index contributed by atoms with van der Waals surface area (Å²) in [4.78, 5) is 12.2. The molecule has 0 saturated carbocycles. The topological polar surface area (TPSA) is 58.6 Å². The van der Waals surface area contributed by atoms with Crippen molar-refractivity contribution in [1.82, 2.24) is 5.32 Å². The molecule has 0 bridgehead atoms. The highest BCUT2D eigenvalue weighted by Gasteiger charge is 2.27. The third-order valence-corrected chi connectivity index (χ3v) is 3.89. The van der Waals surface area contributed by atoms with Gasteiger partial charge in [-0.25, -0.2) is 0 Å². The number of aliphatic hydroxyl groups excluding tert-OH is 1. The molecule has 0 saturated heterocycles. The highest BCUT2D eigenvalue weighted by molar-refractivity contribution is 6.30. The number of nitrogens with one attached hydrogen (secondary N) is 1. The molecule has 0 aliphatic carbocycles. The molecule has 0 unspecified atom stereocenters. The summed E-state index contributed by atoms with van der Waals surface area (Å²) in [6.45, 7) is 3.82. The van der Waals surface area contributed by atoms with Gasteiger partial charge in [-0.05, 0) is 31.0 Å². The van der Waals surface area contributed by atoms with Crippen LogP contribution in [0.25, 0.3) is 0 Å². The van der Waals surface area contributed by atoms with Gasteiger partial charge in [0.25, 0.3) is 0 Å². The summed E-state index contributed by atoms with van der Waals surface area (Å²) in [6.07, 6.45) is 1.53. The summed E-state index contributed by atoms with van der Waals surface area (Å²) in [5, 5.41) is 13.0. The number of carbonyl (C=O) groups excluding carboxylic acids is 1. The molecule has 4 nitrogen and oxygen atoms in total. The summed E-state index contributed by atoms with van der Waals surface area (Å²) in [6, 6.07) is 5.18. The van der Waals surface area contributed by atoms with E-state index in [0.29, 0.717) is 23.6 Å². The van der Waals surface area contributed by atoms with E-state index >= 15 is 0 Å². The van der Waals surface area contributed by atoms with Crippen molar-refractivity contribution < 1.29 is 14.6 Å². The van der Waals surface area contributed by atoms with E-state index in [1.165, 1.54) is 0 Å². The van der Waals surface area contributed by atoms with Crippen LogP contribution in [0.3, 0.4) is 0 Å². The predicted molar refractivity (Wildman–Crippen MR) is 80.2 cm³/mol. The molecule has 0 atom stereocenters. The molecule has 0 aliphatic rings. The van der Waals surface area contributed by atoms with E-state index in [2.05, 4.69) is 5.32 Å². The largest absolute Gasteiger partial charge is 0.496 e. The van der Waals surface area contributed by atoms with Crippen LogP contribution in [0.4, 0.5) is 0 Å². The molecule has 1 amide bonds. The predicted octanol–water partition coefficient (Wildman–Crippen LogP) is 2.56. The SMILES string of the molecule is CCC(CC)(CO)NC(=O)Cc1cc(Cl)ccc1OC. The van der Waals surface area contributed by atoms with Crippen molar-refractivity contribution in [1.29, 1.82) is 0 Å². The number of rotatable bonds is 7. The summed E-state index contributed by atoms with van der Waals surface area (Å²) in [5.74, 6) is 0.482. The van der Waals surface area contributed by atoms with E-state index in [4.69, 9.17) is 16.3 Å². The molecule has 2 N–H and O–H groups in total. The first-order chi connectivity index (χ1) is 9.50. The lowest BCUT2D eigenvalue weighted by atomic mass is 9.93. The second-order valence-electron chi connectivity index (χ2n) is 4.83. The summed E-state index contributed by atoms with van der Waals surface area (Å²) in [5.41, 5.74) is 0.180. The van der Waals surface area contributed by atoms with Gasteiger partial charge < -0.3 is 15.2 Å². The number of halogens is 1. The van der Waals surface area contributed by atoms with Crippen LogP contribution >= 0.6 is 11.6 Å². The number of amides is 1. The standard InChI is InChI=1S/C15H22ClNO3/c1-4-15(5-2,10-18)17-14(19)9-11-8-12(16)6-7-13(11)20-3/h6-8,18H,4-5,9-10H2,1-3H3,(H,17,19). The Morgan fingerprint density at radius 1 is 1.40 bits per heavy atom. The van der Waals surface area contributed by atoms with E-state index in [1.54, 1.807) is 25.3 Å². The monoisotopic (exact) mass is 299 g/mol. The first-order valence-electron chi connectivity index (χ1n) is 6.74. The Hall–Kier alpha value is -1.26. The van der Waals surface area contributed by atoms with Crippen LogP contribution in [-0.2, 0) is 11.2 Å². The highest BCUT2D eigenvalue weighted by Crippen LogP contribution is 2.23. The summed E-state index contributed by atoms with van der Waals surface area (Å²) >= 11 is 5.94. The highest BCUT2D eigenvalue weighted by atomic mass is 35.5. The third-order valence-electron chi connectivity index (χ3n) is 3.65. The van der Waals surface area contributed by atoms with Crippen LogP contribution in [0.5, 0.6) is 5.75 Å². The van der Waals surface area contributed by atoms with E-state index in [1.807, 2.05) is 13.8 Å². The molecule has 0 spiro atoms. The van der Waals surface area contributed by atoms with Gasteiger partial charge in [0.15, 0.2) is 0 Å². The molecule has 1 aromatic carbocycles. The molecule has 20 heavy (non-hydrogen) atoms. The molecule has 112 valence electrons. The average molecular weight is 300 g/mol. The molecular weight excluding hydrogens is 278 g/mol. The Bertz CT molecular complexity index is 450. The Morgan fingerprint density at radius 3 is 2.55 bits per heavy atom. The van der Waals surface area contributed by atoms with Crippen LogP contribution in [0.2, 0.25) is 5.02 Å². The van der Waals surface area contributed by atoms with E-state index in [-0.39, 0.29) is 18.9 Å². The lowest BCUT2D eigenvalue weighted by Crippen LogP contribution is -2.51. The molecule has 0 radical (unpaired) electrons. The van der Waals surface area contributed by atoms with Crippen molar-refractivity contribution in [2.24, 2.45) is 0 Å². The maximum absolute atomic E-state index is 12.2. The number of aliphatic hydroxyl groups is 1. The minimum atomic E-state index is -0.553. The van der Waals surface area contributed by atoms with Crippen molar-refractivity contribution in [3.8, 4) is 5.75 Å². The zero-order valence-electron chi connectivity index (χ0n) is 12.2. The second kappa shape index (κ2) is 7.50. The minimum absolute atomic E-state index is 0.0710. The first-order valence-corrected chi connectivity index (χ1v) is 7.12.